The second-order valence-corrected chi connectivity index (χ2v) is 6.07. The maximum Gasteiger partial charge on any atom is 0.321 e. The van der Waals surface area contributed by atoms with Gasteiger partial charge in [0.2, 0.25) is 0 Å². The fraction of sp³-hybridized carbons (Fsp3) is 0.588. The maximum absolute atomic E-state index is 12.2. The normalized spacial score (nSPS) is 21.1. The smallest absolute Gasteiger partial charge is 0.321 e. The summed E-state index contributed by atoms with van der Waals surface area (Å²) >= 11 is 0. The first-order valence-electron chi connectivity index (χ1n) is 8.13. The number of hydrogen-bond donors (Lipinski definition) is 1. The third-order valence-electron chi connectivity index (χ3n) is 4.22. The molecule has 2 aliphatic heterocycles. The molecule has 0 unspecified atom stereocenters. The van der Waals surface area contributed by atoms with Gasteiger partial charge in [-0.05, 0) is 50.3 Å². The number of carbonyl (C=O) groups is 1. The van der Waals surface area contributed by atoms with Crippen LogP contribution in [0.4, 0.5) is 10.5 Å². The van der Waals surface area contributed by atoms with Crippen molar-refractivity contribution in [1.82, 2.24) is 4.90 Å². The quantitative estimate of drug-likeness (QED) is 0.929. The van der Waals surface area contributed by atoms with Gasteiger partial charge in [-0.1, -0.05) is 6.07 Å². The van der Waals surface area contributed by atoms with Gasteiger partial charge in [0, 0.05) is 19.7 Å². The molecule has 2 heterocycles. The topological polar surface area (TPSA) is 50.8 Å². The number of amides is 2. The molecule has 2 amide bonds. The lowest BCUT2D eigenvalue weighted by Gasteiger charge is -2.19. The molecule has 0 radical (unpaired) electrons. The predicted octanol–water partition coefficient (Wildman–Crippen LogP) is 3.18. The van der Waals surface area contributed by atoms with Gasteiger partial charge in [0.15, 0.2) is 0 Å². The van der Waals surface area contributed by atoms with Crippen molar-refractivity contribution in [3.8, 4) is 5.75 Å². The van der Waals surface area contributed by atoms with Crippen LogP contribution in [0.3, 0.4) is 0 Å². The third kappa shape index (κ3) is 3.71. The summed E-state index contributed by atoms with van der Waals surface area (Å²) < 4.78 is 11.5. The largest absolute Gasteiger partial charge is 0.489 e. The zero-order valence-corrected chi connectivity index (χ0v) is 13.1. The number of hydrogen-bond acceptors (Lipinski definition) is 3. The van der Waals surface area contributed by atoms with Gasteiger partial charge in [0.25, 0.3) is 0 Å². The van der Waals surface area contributed by atoms with E-state index >= 15 is 0 Å². The highest BCUT2D eigenvalue weighted by Crippen LogP contribution is 2.27. The van der Waals surface area contributed by atoms with Crippen LogP contribution in [0.1, 0.15) is 31.2 Å². The van der Waals surface area contributed by atoms with Crippen LogP contribution in [0.2, 0.25) is 0 Å². The number of anilines is 1. The Kier molecular flexibility index (Phi) is 4.83. The first-order chi connectivity index (χ1) is 10.7. The second kappa shape index (κ2) is 7.01. The Balaban J connectivity index is 1.65. The van der Waals surface area contributed by atoms with E-state index in [4.69, 9.17) is 9.47 Å². The number of likely N-dealkylation sites (tertiary alicyclic amines) is 1. The van der Waals surface area contributed by atoms with E-state index < -0.39 is 0 Å². The molecule has 22 heavy (non-hydrogen) atoms. The zero-order chi connectivity index (χ0) is 15.4. The van der Waals surface area contributed by atoms with Crippen molar-refractivity contribution < 1.29 is 14.3 Å². The average molecular weight is 304 g/mol. The van der Waals surface area contributed by atoms with E-state index in [1.807, 2.05) is 30.0 Å². The van der Waals surface area contributed by atoms with Crippen molar-refractivity contribution in [3.63, 3.8) is 0 Å². The highest BCUT2D eigenvalue weighted by Gasteiger charge is 2.20. The number of aryl methyl sites for hydroxylation is 1. The van der Waals surface area contributed by atoms with E-state index in [0.717, 1.165) is 62.4 Å². The van der Waals surface area contributed by atoms with Crippen molar-refractivity contribution in [1.29, 1.82) is 0 Å². The average Bonchev–Trinajstić information content (AvgIpc) is 3.20. The van der Waals surface area contributed by atoms with Gasteiger partial charge < -0.3 is 19.7 Å². The molecule has 5 nitrogen and oxygen atoms in total. The number of ether oxygens (including phenoxy) is 2. The summed E-state index contributed by atoms with van der Waals surface area (Å²) in [6, 6.07) is 5.82. The van der Waals surface area contributed by atoms with Crippen molar-refractivity contribution in [2.75, 3.05) is 31.6 Å². The highest BCUT2D eigenvalue weighted by atomic mass is 16.5. The summed E-state index contributed by atoms with van der Waals surface area (Å²) in [5.74, 6) is 0.725. The van der Waals surface area contributed by atoms with Crippen LogP contribution in [0.25, 0.3) is 0 Å². The SMILES string of the molecule is Cc1ccc(NC(=O)N2CCCC2)c(OC[C@@H]2CCCO2)c1. The Morgan fingerprint density at radius 2 is 2.18 bits per heavy atom. The number of urea groups is 1. The van der Waals surface area contributed by atoms with Crippen molar-refractivity contribution >= 4 is 11.7 Å². The van der Waals surface area contributed by atoms with Crippen molar-refractivity contribution in [3.05, 3.63) is 23.8 Å². The Morgan fingerprint density at radius 3 is 2.91 bits per heavy atom. The van der Waals surface area contributed by atoms with Gasteiger partial charge in [0.05, 0.1) is 11.8 Å². The fourth-order valence-electron chi connectivity index (χ4n) is 2.93. The van der Waals surface area contributed by atoms with Crippen LogP contribution in [-0.2, 0) is 4.74 Å². The van der Waals surface area contributed by atoms with Gasteiger partial charge in [-0.3, -0.25) is 0 Å². The monoisotopic (exact) mass is 304 g/mol. The Hall–Kier alpha value is -1.75. The Bertz CT molecular complexity index is 521. The third-order valence-corrected chi connectivity index (χ3v) is 4.22. The van der Waals surface area contributed by atoms with Gasteiger partial charge in [-0.25, -0.2) is 4.79 Å². The Morgan fingerprint density at radius 1 is 1.36 bits per heavy atom. The minimum absolute atomic E-state index is 0.0386. The lowest BCUT2D eigenvalue weighted by molar-refractivity contribution is 0.0682. The van der Waals surface area contributed by atoms with E-state index in [1.165, 1.54) is 0 Å². The second-order valence-electron chi connectivity index (χ2n) is 6.07. The van der Waals surface area contributed by atoms with E-state index in [1.54, 1.807) is 0 Å². The van der Waals surface area contributed by atoms with Gasteiger partial charge in [-0.2, -0.15) is 0 Å². The number of benzene rings is 1. The molecule has 0 saturated carbocycles. The zero-order valence-electron chi connectivity index (χ0n) is 13.1. The maximum atomic E-state index is 12.2. The number of nitrogens with zero attached hydrogens (tertiary/aromatic N) is 1. The molecular formula is C17H24N2O3. The van der Waals surface area contributed by atoms with Crippen LogP contribution in [0, 0.1) is 6.92 Å². The standard InChI is InChI=1S/C17H24N2O3/c1-13-6-7-15(18-17(20)19-8-2-3-9-19)16(11-13)22-12-14-5-4-10-21-14/h6-7,11,14H,2-5,8-10,12H2,1H3,(H,18,20)/t14-/m0/s1. The highest BCUT2D eigenvalue weighted by molar-refractivity contribution is 5.91. The molecule has 3 rings (SSSR count). The van der Waals surface area contributed by atoms with Gasteiger partial charge in [0.1, 0.15) is 12.4 Å². The summed E-state index contributed by atoms with van der Waals surface area (Å²) in [5, 5.41) is 2.98. The number of rotatable bonds is 4. The Labute approximate surface area is 131 Å². The summed E-state index contributed by atoms with van der Waals surface area (Å²) in [6.45, 7) is 5.05. The summed E-state index contributed by atoms with van der Waals surface area (Å²) in [6.07, 6.45) is 4.48. The molecule has 2 saturated heterocycles. The molecule has 5 heteroatoms. The summed E-state index contributed by atoms with van der Waals surface area (Å²) in [7, 11) is 0. The number of carbonyl (C=O) groups excluding carboxylic acids is 1. The minimum Gasteiger partial charge on any atom is -0.489 e. The molecule has 1 atom stereocenters. The van der Waals surface area contributed by atoms with Crippen LogP contribution >= 0.6 is 0 Å². The molecule has 120 valence electrons. The van der Waals surface area contributed by atoms with Crippen molar-refractivity contribution in [2.45, 2.75) is 38.7 Å². The molecule has 0 bridgehead atoms. The van der Waals surface area contributed by atoms with Gasteiger partial charge in [-0.15, -0.1) is 0 Å². The predicted molar refractivity (Wildman–Crippen MR) is 85.5 cm³/mol. The van der Waals surface area contributed by atoms with Crippen LogP contribution in [0.15, 0.2) is 18.2 Å². The van der Waals surface area contributed by atoms with E-state index in [-0.39, 0.29) is 12.1 Å². The van der Waals surface area contributed by atoms with Crippen molar-refractivity contribution in [2.24, 2.45) is 0 Å². The molecular weight excluding hydrogens is 280 g/mol. The molecule has 1 N–H and O–H groups in total. The molecule has 2 fully saturated rings. The van der Waals surface area contributed by atoms with Crippen LogP contribution < -0.4 is 10.1 Å². The van der Waals surface area contributed by atoms with Crippen LogP contribution in [0.5, 0.6) is 5.75 Å². The van der Waals surface area contributed by atoms with E-state index in [0.29, 0.717) is 6.61 Å². The first kappa shape index (κ1) is 15.2. The fourth-order valence-corrected chi connectivity index (χ4v) is 2.93. The lowest BCUT2D eigenvalue weighted by atomic mass is 10.2. The molecule has 1 aromatic rings. The molecule has 1 aromatic carbocycles. The van der Waals surface area contributed by atoms with E-state index in [9.17, 15) is 4.79 Å². The summed E-state index contributed by atoms with van der Waals surface area (Å²) in [4.78, 5) is 14.1. The lowest BCUT2D eigenvalue weighted by Crippen LogP contribution is -2.32. The first-order valence-corrected chi connectivity index (χ1v) is 8.13. The number of nitrogens with one attached hydrogen (secondary N) is 1. The van der Waals surface area contributed by atoms with E-state index in [2.05, 4.69) is 5.32 Å². The molecule has 0 aromatic heterocycles. The minimum atomic E-state index is -0.0386. The van der Waals surface area contributed by atoms with Gasteiger partial charge >= 0.3 is 6.03 Å². The van der Waals surface area contributed by atoms with Crippen LogP contribution in [-0.4, -0.2) is 43.3 Å². The molecule has 0 aliphatic carbocycles. The summed E-state index contributed by atoms with van der Waals surface area (Å²) in [5.41, 5.74) is 1.85. The molecule has 2 aliphatic rings. The molecule has 0 spiro atoms.